The third kappa shape index (κ3) is 3.64. The Morgan fingerprint density at radius 2 is 2.00 bits per heavy atom. The normalized spacial score (nSPS) is 17.0. The van der Waals surface area contributed by atoms with Crippen LogP contribution < -0.4 is 4.90 Å². The van der Waals surface area contributed by atoms with E-state index in [9.17, 15) is 9.18 Å². The summed E-state index contributed by atoms with van der Waals surface area (Å²) in [5.41, 5.74) is 3.93. The Morgan fingerprint density at radius 1 is 1.26 bits per heavy atom. The van der Waals surface area contributed by atoms with E-state index in [1.807, 2.05) is 35.4 Å². The van der Waals surface area contributed by atoms with Gasteiger partial charge in [0.2, 0.25) is 5.91 Å². The molecule has 27 heavy (non-hydrogen) atoms. The average Bonchev–Trinajstić information content (AvgIpc) is 3.25. The second kappa shape index (κ2) is 7.44. The van der Waals surface area contributed by atoms with Crippen molar-refractivity contribution in [3.63, 3.8) is 0 Å². The molecule has 0 radical (unpaired) electrons. The maximum atomic E-state index is 13.1. The summed E-state index contributed by atoms with van der Waals surface area (Å²) in [6, 6.07) is 14.6. The number of halogens is 1. The van der Waals surface area contributed by atoms with Crippen LogP contribution in [0.1, 0.15) is 19.4 Å². The number of aromatic nitrogens is 1. The van der Waals surface area contributed by atoms with Crippen molar-refractivity contribution in [1.29, 1.82) is 0 Å². The lowest BCUT2D eigenvalue weighted by Crippen LogP contribution is -2.40. The van der Waals surface area contributed by atoms with Gasteiger partial charge in [-0.15, -0.1) is 11.3 Å². The van der Waals surface area contributed by atoms with Gasteiger partial charge in [-0.05, 0) is 56.2 Å². The zero-order valence-corrected chi connectivity index (χ0v) is 16.7. The number of benzene rings is 2. The fraction of sp³-hybridized carbons (Fsp3) is 0.238. The Kier molecular flexibility index (Phi) is 5.02. The van der Waals surface area contributed by atoms with Crippen molar-refractivity contribution in [2.45, 2.75) is 35.9 Å². The molecule has 2 atom stereocenters. The summed E-state index contributed by atoms with van der Waals surface area (Å²) in [6.07, 6.45) is 0.894. The molecule has 0 saturated carbocycles. The first-order valence-electron chi connectivity index (χ1n) is 8.82. The first-order chi connectivity index (χ1) is 13.0. The lowest BCUT2D eigenvalue weighted by molar-refractivity contribution is -0.118. The number of rotatable bonds is 4. The van der Waals surface area contributed by atoms with Crippen molar-refractivity contribution in [2.24, 2.45) is 0 Å². The molecule has 2 aromatic carbocycles. The second-order valence-corrected chi connectivity index (χ2v) is 9.10. The standard InChI is InChI=1S/C21H19FN2OS2/c1-13-11-16-5-3-4-6-19(16)24(13)20(25)14(2)27-21-23-18(12-26-21)15-7-9-17(22)10-8-15/h3-10,12-14H,11H2,1-2H3/t13-,14+/m1/s1. The zero-order valence-electron chi connectivity index (χ0n) is 15.1. The molecule has 0 N–H and O–H groups in total. The number of fused-ring (bicyclic) bond motifs is 1. The smallest absolute Gasteiger partial charge is 0.240 e. The molecule has 1 aliphatic rings. The first-order valence-corrected chi connectivity index (χ1v) is 10.6. The van der Waals surface area contributed by atoms with Crippen molar-refractivity contribution in [3.05, 3.63) is 65.3 Å². The van der Waals surface area contributed by atoms with Gasteiger partial charge in [0, 0.05) is 22.7 Å². The molecular weight excluding hydrogens is 379 g/mol. The van der Waals surface area contributed by atoms with E-state index in [-0.39, 0.29) is 23.0 Å². The average molecular weight is 399 g/mol. The SMILES string of the molecule is C[C@H](Sc1nc(-c2ccc(F)cc2)cs1)C(=O)N1c2ccccc2C[C@H]1C. The first kappa shape index (κ1) is 18.2. The fourth-order valence-electron chi connectivity index (χ4n) is 3.36. The van der Waals surface area contributed by atoms with Gasteiger partial charge in [-0.1, -0.05) is 30.0 Å². The maximum absolute atomic E-state index is 13.1. The van der Waals surface area contributed by atoms with Gasteiger partial charge in [-0.2, -0.15) is 0 Å². The van der Waals surface area contributed by atoms with E-state index in [0.29, 0.717) is 0 Å². The summed E-state index contributed by atoms with van der Waals surface area (Å²) in [6.45, 7) is 4.02. The molecule has 3 aromatic rings. The summed E-state index contributed by atoms with van der Waals surface area (Å²) in [5.74, 6) is -0.154. The number of hydrogen-bond donors (Lipinski definition) is 0. The van der Waals surface area contributed by atoms with Gasteiger partial charge in [-0.3, -0.25) is 4.79 Å². The number of carbonyl (C=O) groups is 1. The van der Waals surface area contributed by atoms with Crippen LogP contribution in [0.2, 0.25) is 0 Å². The number of carbonyl (C=O) groups excluding carboxylic acids is 1. The van der Waals surface area contributed by atoms with Crippen molar-refractivity contribution in [1.82, 2.24) is 4.98 Å². The largest absolute Gasteiger partial charge is 0.308 e. The molecule has 0 aliphatic carbocycles. The minimum Gasteiger partial charge on any atom is -0.308 e. The topological polar surface area (TPSA) is 33.2 Å². The van der Waals surface area contributed by atoms with E-state index in [1.165, 1.54) is 40.8 Å². The van der Waals surface area contributed by atoms with Gasteiger partial charge in [0.1, 0.15) is 5.82 Å². The third-order valence-electron chi connectivity index (χ3n) is 4.69. The second-order valence-electron chi connectivity index (χ2n) is 6.66. The van der Waals surface area contributed by atoms with E-state index in [1.54, 1.807) is 12.1 Å². The number of thioether (sulfide) groups is 1. The summed E-state index contributed by atoms with van der Waals surface area (Å²) in [7, 11) is 0. The number of para-hydroxylation sites is 1. The summed E-state index contributed by atoms with van der Waals surface area (Å²) in [5, 5.41) is 1.71. The van der Waals surface area contributed by atoms with Crippen LogP contribution in [0.5, 0.6) is 0 Å². The zero-order chi connectivity index (χ0) is 19.0. The molecule has 0 spiro atoms. The summed E-state index contributed by atoms with van der Waals surface area (Å²) < 4.78 is 13.9. The Labute approximate surface area is 166 Å². The molecule has 2 heterocycles. The molecule has 0 fully saturated rings. The molecule has 4 rings (SSSR count). The van der Waals surface area contributed by atoms with Gasteiger partial charge in [0.15, 0.2) is 4.34 Å². The van der Waals surface area contributed by atoms with Crippen LogP contribution in [0, 0.1) is 5.82 Å². The van der Waals surface area contributed by atoms with Gasteiger partial charge >= 0.3 is 0 Å². The lowest BCUT2D eigenvalue weighted by Gasteiger charge is -2.25. The predicted octanol–water partition coefficient (Wildman–Crippen LogP) is 5.41. The number of anilines is 1. The molecular formula is C21H19FN2OS2. The van der Waals surface area contributed by atoms with Gasteiger partial charge in [-0.25, -0.2) is 9.37 Å². The quantitative estimate of drug-likeness (QED) is 0.551. The monoisotopic (exact) mass is 398 g/mol. The number of nitrogens with zero attached hydrogens (tertiary/aromatic N) is 2. The highest BCUT2D eigenvalue weighted by Gasteiger charge is 2.33. The highest BCUT2D eigenvalue weighted by molar-refractivity contribution is 8.02. The number of amides is 1. The number of hydrogen-bond acceptors (Lipinski definition) is 4. The predicted molar refractivity (Wildman–Crippen MR) is 110 cm³/mol. The molecule has 1 amide bonds. The highest BCUT2D eigenvalue weighted by atomic mass is 32.2. The molecule has 0 saturated heterocycles. The number of thiazole rings is 1. The van der Waals surface area contributed by atoms with Crippen molar-refractivity contribution in [3.8, 4) is 11.3 Å². The highest BCUT2D eigenvalue weighted by Crippen LogP contribution is 2.36. The van der Waals surface area contributed by atoms with Crippen LogP contribution in [0.25, 0.3) is 11.3 Å². The van der Waals surface area contributed by atoms with E-state index < -0.39 is 0 Å². The molecule has 1 aliphatic heterocycles. The minimum absolute atomic E-state index is 0.107. The fourth-order valence-corrected chi connectivity index (χ4v) is 5.38. The van der Waals surface area contributed by atoms with E-state index in [4.69, 9.17) is 0 Å². The van der Waals surface area contributed by atoms with Crippen LogP contribution >= 0.6 is 23.1 Å². The van der Waals surface area contributed by atoms with Crippen molar-refractivity contribution >= 4 is 34.7 Å². The van der Waals surface area contributed by atoms with Gasteiger partial charge < -0.3 is 4.90 Å². The molecule has 3 nitrogen and oxygen atoms in total. The molecule has 0 unspecified atom stereocenters. The molecule has 138 valence electrons. The molecule has 1 aromatic heterocycles. The molecule has 0 bridgehead atoms. The minimum atomic E-state index is -0.261. The Balaban J connectivity index is 1.49. The van der Waals surface area contributed by atoms with Crippen LogP contribution in [-0.2, 0) is 11.2 Å². The summed E-state index contributed by atoms with van der Waals surface area (Å²) >= 11 is 2.99. The van der Waals surface area contributed by atoms with Crippen LogP contribution in [0.3, 0.4) is 0 Å². The maximum Gasteiger partial charge on any atom is 0.240 e. The van der Waals surface area contributed by atoms with E-state index >= 15 is 0 Å². The van der Waals surface area contributed by atoms with Crippen LogP contribution in [-0.4, -0.2) is 22.2 Å². The van der Waals surface area contributed by atoms with Gasteiger partial charge in [0.05, 0.1) is 10.9 Å². The van der Waals surface area contributed by atoms with E-state index in [2.05, 4.69) is 18.0 Å². The Hall–Kier alpha value is -2.18. The Morgan fingerprint density at radius 3 is 2.78 bits per heavy atom. The van der Waals surface area contributed by atoms with Gasteiger partial charge in [0.25, 0.3) is 0 Å². The Bertz CT molecular complexity index is 970. The lowest BCUT2D eigenvalue weighted by atomic mass is 10.1. The van der Waals surface area contributed by atoms with Crippen LogP contribution in [0.15, 0.2) is 58.3 Å². The van der Waals surface area contributed by atoms with Crippen molar-refractivity contribution < 1.29 is 9.18 Å². The van der Waals surface area contributed by atoms with E-state index in [0.717, 1.165) is 27.7 Å². The molecule has 6 heteroatoms. The van der Waals surface area contributed by atoms with Crippen molar-refractivity contribution in [2.75, 3.05) is 4.90 Å². The summed E-state index contributed by atoms with van der Waals surface area (Å²) in [4.78, 5) is 19.6. The third-order valence-corrected chi connectivity index (χ3v) is 6.75. The van der Waals surface area contributed by atoms with Crippen LogP contribution in [0.4, 0.5) is 10.1 Å².